The van der Waals surface area contributed by atoms with E-state index >= 15 is 0 Å². The van der Waals surface area contributed by atoms with Gasteiger partial charge < -0.3 is 0 Å². The van der Waals surface area contributed by atoms with Crippen LogP contribution in [0.3, 0.4) is 0 Å². The molecule has 0 nitrogen and oxygen atoms in total. The molecule has 0 spiro atoms. The monoisotopic (exact) mass is 250 g/mol. The van der Waals surface area contributed by atoms with Crippen molar-refractivity contribution < 1.29 is 0 Å². The van der Waals surface area contributed by atoms with E-state index in [1.807, 2.05) is 41.5 Å². The third-order valence-corrected chi connectivity index (χ3v) is 2.16. The summed E-state index contributed by atoms with van der Waals surface area (Å²) in [5, 5.41) is 0. The molecule has 0 fully saturated rings. The van der Waals surface area contributed by atoms with Gasteiger partial charge in [-0.25, -0.2) is 0 Å². The lowest BCUT2D eigenvalue weighted by Crippen LogP contribution is -1.91. The molecule has 1 atom stereocenters. The SMILES string of the molecule is C/C=C\C(C)c1ccccc1C.CC.CC.CC. The minimum atomic E-state index is 0.538. The second-order valence-corrected chi connectivity index (χ2v) is 3.17. The summed E-state index contributed by atoms with van der Waals surface area (Å²) in [4.78, 5) is 0. The highest BCUT2D eigenvalue weighted by atomic mass is 14.1. The molecule has 18 heavy (non-hydrogen) atoms. The molecular formula is C18H34. The second kappa shape index (κ2) is 18.3. The summed E-state index contributed by atoms with van der Waals surface area (Å²) in [6, 6.07) is 8.54. The molecule has 1 rings (SSSR count). The van der Waals surface area contributed by atoms with Crippen molar-refractivity contribution in [2.24, 2.45) is 0 Å². The maximum atomic E-state index is 2.22. The van der Waals surface area contributed by atoms with Crippen LogP contribution in [0.1, 0.15) is 72.4 Å². The standard InChI is InChI=1S/C12H16.3C2H6/c1-4-7-10(2)12-9-6-5-8-11(12)3;3*1-2/h4-10H,1-3H3;3*1-2H3/b7-4-;;;. The molecule has 1 aromatic rings. The number of hydrogen-bond donors (Lipinski definition) is 0. The lowest BCUT2D eigenvalue weighted by molar-refractivity contribution is 0.950. The maximum Gasteiger partial charge on any atom is -0.000793 e. The lowest BCUT2D eigenvalue weighted by atomic mass is 9.96. The van der Waals surface area contributed by atoms with Gasteiger partial charge in [-0.1, -0.05) is 84.9 Å². The molecule has 0 aromatic heterocycles. The van der Waals surface area contributed by atoms with Crippen molar-refractivity contribution in [1.29, 1.82) is 0 Å². The quantitative estimate of drug-likeness (QED) is 0.509. The first-order valence-electron chi connectivity index (χ1n) is 7.44. The molecule has 0 heteroatoms. The molecule has 1 aromatic carbocycles. The normalized spacial score (nSPS) is 10.1. The van der Waals surface area contributed by atoms with E-state index in [0.717, 1.165) is 0 Å². The summed E-state index contributed by atoms with van der Waals surface area (Å²) in [5.74, 6) is 0.538. The van der Waals surface area contributed by atoms with Gasteiger partial charge in [0, 0.05) is 0 Å². The molecule has 0 bridgehead atoms. The molecule has 0 aliphatic heterocycles. The van der Waals surface area contributed by atoms with Crippen LogP contribution in [0.5, 0.6) is 0 Å². The van der Waals surface area contributed by atoms with Gasteiger partial charge in [0.25, 0.3) is 0 Å². The summed E-state index contributed by atoms with van der Waals surface area (Å²) in [7, 11) is 0. The second-order valence-electron chi connectivity index (χ2n) is 3.17. The maximum absolute atomic E-state index is 2.22. The number of aryl methyl sites for hydroxylation is 1. The minimum absolute atomic E-state index is 0.538. The Kier molecular flexibility index (Phi) is 22.6. The van der Waals surface area contributed by atoms with Gasteiger partial charge in [-0.2, -0.15) is 0 Å². The third kappa shape index (κ3) is 10.1. The Morgan fingerprint density at radius 3 is 1.72 bits per heavy atom. The number of allylic oxidation sites excluding steroid dienone is 2. The van der Waals surface area contributed by atoms with Gasteiger partial charge in [-0.3, -0.25) is 0 Å². The average molecular weight is 250 g/mol. The number of hydrogen-bond acceptors (Lipinski definition) is 0. The van der Waals surface area contributed by atoms with Gasteiger partial charge >= 0.3 is 0 Å². The molecule has 0 aliphatic carbocycles. The van der Waals surface area contributed by atoms with Gasteiger partial charge in [0.15, 0.2) is 0 Å². The number of benzene rings is 1. The van der Waals surface area contributed by atoms with Crippen molar-refractivity contribution in [3.63, 3.8) is 0 Å². The van der Waals surface area contributed by atoms with Crippen molar-refractivity contribution in [1.82, 2.24) is 0 Å². The van der Waals surface area contributed by atoms with E-state index in [-0.39, 0.29) is 0 Å². The van der Waals surface area contributed by atoms with Crippen LogP contribution in [-0.2, 0) is 0 Å². The predicted molar refractivity (Wildman–Crippen MR) is 88.5 cm³/mol. The molecule has 0 N–H and O–H groups in total. The van der Waals surface area contributed by atoms with Gasteiger partial charge in [-0.15, -0.1) is 0 Å². The van der Waals surface area contributed by atoms with Crippen LogP contribution in [0.25, 0.3) is 0 Å². The molecule has 0 heterocycles. The van der Waals surface area contributed by atoms with Gasteiger partial charge in [0.05, 0.1) is 0 Å². The average Bonchev–Trinajstić information content (AvgIpc) is 2.46. The van der Waals surface area contributed by atoms with E-state index in [1.165, 1.54) is 11.1 Å². The summed E-state index contributed by atoms with van der Waals surface area (Å²) in [6.07, 6.45) is 4.33. The van der Waals surface area contributed by atoms with Crippen molar-refractivity contribution in [2.45, 2.75) is 68.2 Å². The fourth-order valence-corrected chi connectivity index (χ4v) is 1.49. The number of rotatable bonds is 2. The Bertz CT molecular complexity index is 271. The molecular weight excluding hydrogens is 216 g/mol. The Hall–Kier alpha value is -1.04. The first-order chi connectivity index (χ1) is 8.75. The Morgan fingerprint density at radius 1 is 0.889 bits per heavy atom. The van der Waals surface area contributed by atoms with Crippen molar-refractivity contribution in [3.05, 3.63) is 47.5 Å². The highest BCUT2D eigenvalue weighted by Gasteiger charge is 2.02. The van der Waals surface area contributed by atoms with Crippen molar-refractivity contribution in [3.8, 4) is 0 Å². The van der Waals surface area contributed by atoms with Crippen LogP contribution < -0.4 is 0 Å². The summed E-state index contributed by atoms with van der Waals surface area (Å²) in [6.45, 7) is 18.5. The van der Waals surface area contributed by atoms with E-state index in [1.54, 1.807) is 0 Å². The smallest absolute Gasteiger partial charge is 0.000793 e. The van der Waals surface area contributed by atoms with Crippen LogP contribution in [0.2, 0.25) is 0 Å². The first kappa shape index (κ1) is 22.2. The van der Waals surface area contributed by atoms with Gasteiger partial charge in [0.2, 0.25) is 0 Å². The Labute approximate surface area is 116 Å². The fraction of sp³-hybridized carbons (Fsp3) is 0.556. The molecule has 0 radical (unpaired) electrons. The molecule has 0 saturated carbocycles. The zero-order valence-corrected chi connectivity index (χ0v) is 14.0. The molecule has 106 valence electrons. The van der Waals surface area contributed by atoms with E-state index in [0.29, 0.717) is 5.92 Å². The van der Waals surface area contributed by atoms with Gasteiger partial charge in [0.1, 0.15) is 0 Å². The lowest BCUT2D eigenvalue weighted by Gasteiger charge is -2.09. The minimum Gasteiger partial charge on any atom is -0.0911 e. The summed E-state index contributed by atoms with van der Waals surface area (Å²) < 4.78 is 0. The van der Waals surface area contributed by atoms with E-state index in [9.17, 15) is 0 Å². The summed E-state index contributed by atoms with van der Waals surface area (Å²) in [5.41, 5.74) is 2.80. The van der Waals surface area contributed by atoms with E-state index in [4.69, 9.17) is 0 Å². The van der Waals surface area contributed by atoms with Crippen LogP contribution in [0, 0.1) is 6.92 Å². The molecule has 0 saturated heterocycles. The largest absolute Gasteiger partial charge is 0.0911 e. The van der Waals surface area contributed by atoms with Crippen molar-refractivity contribution >= 4 is 0 Å². The zero-order chi connectivity index (χ0) is 15.0. The third-order valence-electron chi connectivity index (χ3n) is 2.16. The fourth-order valence-electron chi connectivity index (χ4n) is 1.49. The molecule has 0 amide bonds. The van der Waals surface area contributed by atoms with Crippen LogP contribution >= 0.6 is 0 Å². The van der Waals surface area contributed by atoms with E-state index < -0.39 is 0 Å². The van der Waals surface area contributed by atoms with Crippen LogP contribution in [-0.4, -0.2) is 0 Å². The molecule has 1 unspecified atom stereocenters. The Morgan fingerprint density at radius 2 is 1.33 bits per heavy atom. The first-order valence-corrected chi connectivity index (χ1v) is 7.44. The predicted octanol–water partition coefficient (Wildman–Crippen LogP) is 6.75. The van der Waals surface area contributed by atoms with Crippen molar-refractivity contribution in [2.75, 3.05) is 0 Å². The zero-order valence-electron chi connectivity index (χ0n) is 14.0. The van der Waals surface area contributed by atoms with Crippen LogP contribution in [0.15, 0.2) is 36.4 Å². The summed E-state index contributed by atoms with van der Waals surface area (Å²) >= 11 is 0. The highest BCUT2D eigenvalue weighted by molar-refractivity contribution is 5.31. The van der Waals surface area contributed by atoms with Gasteiger partial charge in [-0.05, 0) is 30.9 Å². The molecule has 0 aliphatic rings. The van der Waals surface area contributed by atoms with Crippen LogP contribution in [0.4, 0.5) is 0 Å². The highest BCUT2D eigenvalue weighted by Crippen LogP contribution is 2.19. The Balaban J connectivity index is -0.000000328. The van der Waals surface area contributed by atoms with E-state index in [2.05, 4.69) is 57.2 Å². The topological polar surface area (TPSA) is 0 Å².